The van der Waals surface area contributed by atoms with Crippen molar-refractivity contribution in [1.29, 1.82) is 0 Å². The molecule has 0 unspecified atom stereocenters. The van der Waals surface area contributed by atoms with Gasteiger partial charge in [0.15, 0.2) is 0 Å². The second-order valence-electron chi connectivity index (χ2n) is 5.50. The maximum Gasteiger partial charge on any atom is 0.410 e. The van der Waals surface area contributed by atoms with E-state index in [2.05, 4.69) is 19.2 Å². The zero-order valence-corrected chi connectivity index (χ0v) is 11.0. The normalized spacial score (nSPS) is 26.7. The molecule has 1 heterocycles. The van der Waals surface area contributed by atoms with E-state index in [1.165, 1.54) is 0 Å². The number of rotatable bonds is 1. The molecule has 0 aromatic heterocycles. The summed E-state index contributed by atoms with van der Waals surface area (Å²) in [5.74, 6) is 0. The van der Waals surface area contributed by atoms with Gasteiger partial charge in [-0.15, -0.1) is 0 Å². The van der Waals surface area contributed by atoms with Crippen LogP contribution in [0.2, 0.25) is 0 Å². The summed E-state index contributed by atoms with van der Waals surface area (Å²) in [5, 5.41) is 3.38. The highest BCUT2D eigenvalue weighted by Gasteiger charge is 2.31. The third-order valence-corrected chi connectivity index (χ3v) is 2.71. The van der Waals surface area contributed by atoms with E-state index < -0.39 is 5.60 Å². The fourth-order valence-electron chi connectivity index (χ4n) is 1.86. The van der Waals surface area contributed by atoms with Crippen LogP contribution in [0, 0.1) is 0 Å². The Kier molecular flexibility index (Phi) is 4.19. The van der Waals surface area contributed by atoms with Crippen molar-refractivity contribution in [1.82, 2.24) is 10.2 Å². The van der Waals surface area contributed by atoms with E-state index in [0.717, 1.165) is 19.5 Å². The molecule has 94 valence electrons. The van der Waals surface area contributed by atoms with Crippen LogP contribution >= 0.6 is 0 Å². The molecular weight excluding hydrogens is 204 g/mol. The highest BCUT2D eigenvalue weighted by Crippen LogP contribution is 2.16. The summed E-state index contributed by atoms with van der Waals surface area (Å²) in [5.41, 5.74) is -0.413. The SMILES string of the molecule is CC[C@H]1CN[C@@H](C)CN1C(=O)OC(C)(C)C. The molecule has 2 atom stereocenters. The maximum absolute atomic E-state index is 12.0. The van der Waals surface area contributed by atoms with Gasteiger partial charge >= 0.3 is 6.09 Å². The van der Waals surface area contributed by atoms with Crippen LogP contribution in [0.5, 0.6) is 0 Å². The Morgan fingerprint density at radius 2 is 2.12 bits per heavy atom. The zero-order valence-electron chi connectivity index (χ0n) is 11.0. The summed E-state index contributed by atoms with van der Waals surface area (Å²) < 4.78 is 5.42. The van der Waals surface area contributed by atoms with Crippen molar-refractivity contribution >= 4 is 6.09 Å². The summed E-state index contributed by atoms with van der Waals surface area (Å²) in [4.78, 5) is 13.9. The number of hydrogen-bond acceptors (Lipinski definition) is 3. The fourth-order valence-corrected chi connectivity index (χ4v) is 1.86. The monoisotopic (exact) mass is 228 g/mol. The van der Waals surface area contributed by atoms with Crippen molar-refractivity contribution in [2.75, 3.05) is 13.1 Å². The van der Waals surface area contributed by atoms with Crippen molar-refractivity contribution in [3.05, 3.63) is 0 Å². The van der Waals surface area contributed by atoms with Gasteiger partial charge in [0, 0.05) is 25.2 Å². The minimum absolute atomic E-state index is 0.187. The minimum Gasteiger partial charge on any atom is -0.444 e. The van der Waals surface area contributed by atoms with E-state index in [1.54, 1.807) is 0 Å². The lowest BCUT2D eigenvalue weighted by Crippen LogP contribution is -2.57. The minimum atomic E-state index is -0.413. The van der Waals surface area contributed by atoms with Crippen molar-refractivity contribution < 1.29 is 9.53 Å². The molecule has 1 N–H and O–H groups in total. The first-order valence-corrected chi connectivity index (χ1v) is 6.06. The molecule has 0 radical (unpaired) electrons. The summed E-state index contributed by atoms with van der Waals surface area (Å²) in [6, 6.07) is 0.598. The van der Waals surface area contributed by atoms with Gasteiger partial charge in [0.25, 0.3) is 0 Å². The molecule has 4 heteroatoms. The molecule has 1 aliphatic rings. The number of hydrogen-bond donors (Lipinski definition) is 1. The van der Waals surface area contributed by atoms with E-state index in [1.807, 2.05) is 25.7 Å². The summed E-state index contributed by atoms with van der Waals surface area (Å²) in [6.07, 6.45) is 0.770. The van der Waals surface area contributed by atoms with Gasteiger partial charge in [-0.05, 0) is 34.1 Å². The Hall–Kier alpha value is -0.770. The number of carbonyl (C=O) groups excluding carboxylic acids is 1. The van der Waals surface area contributed by atoms with Gasteiger partial charge < -0.3 is 15.0 Å². The zero-order chi connectivity index (χ0) is 12.3. The van der Waals surface area contributed by atoms with Gasteiger partial charge in [-0.3, -0.25) is 0 Å². The molecule has 4 nitrogen and oxygen atoms in total. The van der Waals surface area contributed by atoms with Crippen molar-refractivity contribution in [2.24, 2.45) is 0 Å². The van der Waals surface area contributed by atoms with Gasteiger partial charge in [0.2, 0.25) is 0 Å². The molecule has 0 aliphatic carbocycles. The third kappa shape index (κ3) is 3.67. The molecule has 16 heavy (non-hydrogen) atoms. The summed E-state index contributed by atoms with van der Waals surface area (Å²) >= 11 is 0. The summed E-state index contributed by atoms with van der Waals surface area (Å²) in [6.45, 7) is 11.5. The van der Waals surface area contributed by atoms with Crippen LogP contribution in [0.25, 0.3) is 0 Å². The van der Waals surface area contributed by atoms with Crippen LogP contribution < -0.4 is 5.32 Å². The molecule has 1 aliphatic heterocycles. The Morgan fingerprint density at radius 3 is 2.62 bits per heavy atom. The lowest BCUT2D eigenvalue weighted by atomic mass is 10.1. The predicted molar refractivity (Wildman–Crippen MR) is 64.5 cm³/mol. The second-order valence-corrected chi connectivity index (χ2v) is 5.50. The maximum atomic E-state index is 12.0. The van der Waals surface area contributed by atoms with Crippen LogP contribution in [0.3, 0.4) is 0 Å². The van der Waals surface area contributed by atoms with Gasteiger partial charge in [-0.25, -0.2) is 4.79 Å². The molecule has 0 spiro atoms. The summed E-state index contributed by atoms with van der Waals surface area (Å²) in [7, 11) is 0. The molecule has 0 bridgehead atoms. The van der Waals surface area contributed by atoms with Gasteiger partial charge in [-0.2, -0.15) is 0 Å². The number of carbonyl (C=O) groups is 1. The van der Waals surface area contributed by atoms with Crippen LogP contribution in [-0.4, -0.2) is 41.8 Å². The Balaban J connectivity index is 2.63. The lowest BCUT2D eigenvalue weighted by Gasteiger charge is -2.39. The number of piperazine rings is 1. The number of nitrogens with zero attached hydrogens (tertiary/aromatic N) is 1. The van der Waals surface area contributed by atoms with E-state index in [9.17, 15) is 4.79 Å². The molecule has 1 rings (SSSR count). The highest BCUT2D eigenvalue weighted by molar-refractivity contribution is 5.68. The largest absolute Gasteiger partial charge is 0.444 e. The average molecular weight is 228 g/mol. The quantitative estimate of drug-likeness (QED) is 0.746. The van der Waals surface area contributed by atoms with Gasteiger partial charge in [0.1, 0.15) is 5.60 Å². The Morgan fingerprint density at radius 1 is 1.50 bits per heavy atom. The molecule has 1 amide bonds. The highest BCUT2D eigenvalue weighted by atomic mass is 16.6. The first-order valence-electron chi connectivity index (χ1n) is 6.06. The third-order valence-electron chi connectivity index (χ3n) is 2.71. The molecular formula is C12H24N2O2. The number of nitrogens with one attached hydrogen (secondary N) is 1. The predicted octanol–water partition coefficient (Wildman–Crippen LogP) is 1.99. The van der Waals surface area contributed by atoms with Crippen molar-refractivity contribution in [3.8, 4) is 0 Å². The number of amides is 1. The van der Waals surface area contributed by atoms with E-state index >= 15 is 0 Å². The Labute approximate surface area is 98.3 Å². The van der Waals surface area contributed by atoms with Crippen LogP contribution in [0.1, 0.15) is 41.0 Å². The van der Waals surface area contributed by atoms with Gasteiger partial charge in [0.05, 0.1) is 0 Å². The fraction of sp³-hybridized carbons (Fsp3) is 0.917. The smallest absolute Gasteiger partial charge is 0.410 e. The van der Waals surface area contributed by atoms with Crippen molar-refractivity contribution in [3.63, 3.8) is 0 Å². The molecule has 0 aromatic rings. The van der Waals surface area contributed by atoms with Crippen molar-refractivity contribution in [2.45, 2.75) is 58.7 Å². The van der Waals surface area contributed by atoms with Crippen LogP contribution in [0.4, 0.5) is 4.79 Å². The van der Waals surface area contributed by atoms with E-state index in [-0.39, 0.29) is 12.1 Å². The molecule has 0 saturated carbocycles. The Bertz CT molecular complexity index is 248. The molecule has 0 aromatic carbocycles. The van der Waals surface area contributed by atoms with E-state index in [0.29, 0.717) is 6.04 Å². The van der Waals surface area contributed by atoms with Crippen LogP contribution in [0.15, 0.2) is 0 Å². The molecule has 1 fully saturated rings. The van der Waals surface area contributed by atoms with Crippen LogP contribution in [-0.2, 0) is 4.74 Å². The topological polar surface area (TPSA) is 41.6 Å². The lowest BCUT2D eigenvalue weighted by molar-refractivity contribution is 0.00780. The number of ether oxygens (including phenoxy) is 1. The first kappa shape index (κ1) is 13.3. The second kappa shape index (κ2) is 5.04. The van der Waals surface area contributed by atoms with Gasteiger partial charge in [-0.1, -0.05) is 6.92 Å². The average Bonchev–Trinajstić information content (AvgIpc) is 2.15. The van der Waals surface area contributed by atoms with E-state index in [4.69, 9.17) is 4.74 Å². The standard InChI is InChI=1S/C12H24N2O2/c1-6-10-7-13-9(2)8-14(10)11(15)16-12(3,4)5/h9-10,13H,6-8H2,1-5H3/t9-,10-/m0/s1. The molecule has 1 saturated heterocycles. The first-order chi connectivity index (χ1) is 7.33.